The van der Waals surface area contributed by atoms with Gasteiger partial charge in [0.05, 0.1) is 29.8 Å². The first-order valence-corrected chi connectivity index (χ1v) is 14.0. The third-order valence-electron chi connectivity index (χ3n) is 7.44. The van der Waals surface area contributed by atoms with E-state index in [0.29, 0.717) is 12.8 Å². The van der Waals surface area contributed by atoms with Crippen molar-refractivity contribution in [1.29, 1.82) is 0 Å². The fraction of sp³-hybridized carbons (Fsp3) is 0.519. The van der Waals surface area contributed by atoms with Crippen LogP contribution < -0.4 is 4.90 Å². The first-order valence-electron chi connectivity index (χ1n) is 12.2. The minimum atomic E-state index is -0.817. The molecule has 3 heterocycles. The number of benzene rings is 1. The number of aliphatic hydroxyl groups excluding tert-OH is 1. The van der Waals surface area contributed by atoms with Crippen LogP contribution in [-0.2, 0) is 19.1 Å². The predicted octanol–water partition coefficient (Wildman–Crippen LogP) is 3.40. The quantitative estimate of drug-likeness (QED) is 0.199. The summed E-state index contributed by atoms with van der Waals surface area (Å²) < 4.78 is 4.73. The molecule has 7 nitrogen and oxygen atoms in total. The predicted molar refractivity (Wildman–Crippen MR) is 145 cm³/mol. The molecular weight excluding hydrogens is 544 g/mol. The number of thioether (sulfide) groups is 1. The van der Waals surface area contributed by atoms with E-state index in [1.165, 1.54) is 4.90 Å². The van der Waals surface area contributed by atoms with Gasteiger partial charge in [-0.2, -0.15) is 0 Å². The molecule has 0 saturated carbocycles. The Morgan fingerprint density at radius 2 is 2.08 bits per heavy atom. The van der Waals surface area contributed by atoms with E-state index >= 15 is 0 Å². The van der Waals surface area contributed by atoms with E-state index in [1.54, 1.807) is 28.8 Å². The van der Waals surface area contributed by atoms with Crippen LogP contribution >= 0.6 is 27.7 Å². The molecule has 3 aliphatic heterocycles. The first-order chi connectivity index (χ1) is 17.2. The third-order valence-corrected chi connectivity index (χ3v) is 10.7. The minimum absolute atomic E-state index is 0.0264. The summed E-state index contributed by atoms with van der Waals surface area (Å²) in [6.45, 7) is 11.7. The molecular formula is C27H33BrN2O5S. The number of hydrogen-bond acceptors (Lipinski definition) is 6. The van der Waals surface area contributed by atoms with Gasteiger partial charge in [0.25, 0.3) is 5.91 Å². The number of anilines is 1. The number of carbonyl (C=O) groups excluding carboxylic acids is 3. The second kappa shape index (κ2) is 10.7. The lowest BCUT2D eigenvalue weighted by atomic mass is 9.71. The van der Waals surface area contributed by atoms with Gasteiger partial charge in [0.15, 0.2) is 0 Å². The molecule has 0 aromatic heterocycles. The number of nitrogens with zero attached hydrogens (tertiary/aromatic N) is 2. The maximum absolute atomic E-state index is 14.4. The first kappa shape index (κ1) is 26.9. The highest BCUT2D eigenvalue weighted by atomic mass is 79.9. The van der Waals surface area contributed by atoms with Gasteiger partial charge in [-0.15, -0.1) is 24.9 Å². The van der Waals surface area contributed by atoms with E-state index in [2.05, 4.69) is 29.1 Å². The van der Waals surface area contributed by atoms with E-state index in [-0.39, 0.29) is 48.2 Å². The Morgan fingerprint density at radius 3 is 2.75 bits per heavy atom. The number of amides is 2. The van der Waals surface area contributed by atoms with Crippen molar-refractivity contribution in [3.63, 3.8) is 0 Å². The molecule has 194 valence electrons. The number of hydrogen-bond donors (Lipinski definition) is 1. The van der Waals surface area contributed by atoms with Crippen LogP contribution in [0.25, 0.3) is 0 Å². The highest BCUT2D eigenvalue weighted by molar-refractivity contribution is 9.09. The number of halogens is 1. The summed E-state index contributed by atoms with van der Waals surface area (Å²) in [6.07, 6.45) is 4.45. The van der Waals surface area contributed by atoms with Gasteiger partial charge in [0.2, 0.25) is 5.91 Å². The molecule has 1 aromatic carbocycles. The highest BCUT2D eigenvalue weighted by Crippen LogP contribution is 2.68. The molecule has 1 aromatic rings. The molecule has 9 heteroatoms. The smallest absolute Gasteiger partial charge is 0.310 e. The number of esters is 1. The fourth-order valence-corrected chi connectivity index (χ4v) is 9.55. The van der Waals surface area contributed by atoms with Crippen molar-refractivity contribution in [2.45, 2.75) is 47.6 Å². The van der Waals surface area contributed by atoms with E-state index < -0.39 is 28.6 Å². The van der Waals surface area contributed by atoms with Crippen LogP contribution in [0.15, 0.2) is 43.5 Å². The summed E-state index contributed by atoms with van der Waals surface area (Å²) in [5, 5.41) is 9.66. The zero-order valence-corrected chi connectivity index (χ0v) is 23.1. The van der Waals surface area contributed by atoms with Crippen LogP contribution in [0.3, 0.4) is 0 Å². The maximum Gasteiger partial charge on any atom is 0.310 e. The minimum Gasteiger partial charge on any atom is -0.465 e. The number of aliphatic hydroxyl groups is 1. The number of aryl methyl sites for hydroxylation is 2. The third kappa shape index (κ3) is 4.33. The van der Waals surface area contributed by atoms with E-state index in [1.807, 2.05) is 32.0 Å². The van der Waals surface area contributed by atoms with Gasteiger partial charge in [-0.25, -0.2) is 0 Å². The van der Waals surface area contributed by atoms with Gasteiger partial charge in [-0.05, 0) is 43.9 Å². The van der Waals surface area contributed by atoms with Crippen molar-refractivity contribution in [2.24, 2.45) is 11.8 Å². The molecule has 4 rings (SSSR count). The summed E-state index contributed by atoms with van der Waals surface area (Å²) >= 11 is 5.30. The number of likely N-dealkylation sites (tertiary alicyclic amines) is 1. The topological polar surface area (TPSA) is 87.2 Å². The van der Waals surface area contributed by atoms with Gasteiger partial charge in [-0.1, -0.05) is 40.2 Å². The average Bonchev–Trinajstić information content (AvgIpc) is 3.43. The number of ether oxygens (including phenoxy) is 1. The molecule has 0 radical (unpaired) electrons. The number of carbonyl (C=O) groups is 3. The van der Waals surface area contributed by atoms with E-state index in [0.717, 1.165) is 16.8 Å². The van der Waals surface area contributed by atoms with Crippen molar-refractivity contribution < 1.29 is 24.2 Å². The van der Waals surface area contributed by atoms with Crippen LogP contribution in [0.5, 0.6) is 0 Å². The Hall–Kier alpha value is -2.10. The molecule has 3 saturated heterocycles. The Bertz CT molecular complexity index is 1080. The second-order valence-electron chi connectivity index (χ2n) is 9.69. The zero-order chi connectivity index (χ0) is 26.2. The number of rotatable bonds is 10. The lowest BCUT2D eigenvalue weighted by Gasteiger charge is -2.38. The van der Waals surface area contributed by atoms with Gasteiger partial charge in [-0.3, -0.25) is 14.4 Å². The molecule has 3 fully saturated rings. The van der Waals surface area contributed by atoms with Crippen LogP contribution in [0, 0.1) is 25.7 Å². The molecule has 6 atom stereocenters. The summed E-state index contributed by atoms with van der Waals surface area (Å²) in [7, 11) is 0. The maximum atomic E-state index is 14.4. The van der Waals surface area contributed by atoms with Crippen molar-refractivity contribution in [1.82, 2.24) is 4.90 Å². The van der Waals surface area contributed by atoms with Crippen LogP contribution in [0.1, 0.15) is 24.0 Å². The van der Waals surface area contributed by atoms with Crippen molar-refractivity contribution >= 4 is 51.2 Å². The van der Waals surface area contributed by atoms with Gasteiger partial charge in [0.1, 0.15) is 6.04 Å². The summed E-state index contributed by atoms with van der Waals surface area (Å²) in [5.41, 5.74) is 2.72. The average molecular weight is 578 g/mol. The van der Waals surface area contributed by atoms with Crippen molar-refractivity contribution in [2.75, 3.05) is 31.2 Å². The molecule has 3 aliphatic rings. The second-order valence-corrected chi connectivity index (χ2v) is 12.4. The Labute approximate surface area is 225 Å². The highest BCUT2D eigenvalue weighted by Gasteiger charge is 2.76. The van der Waals surface area contributed by atoms with Gasteiger partial charge in [0, 0.05) is 28.9 Å². The molecule has 0 aliphatic carbocycles. The van der Waals surface area contributed by atoms with Gasteiger partial charge < -0.3 is 19.6 Å². The standard InChI is InChI=1S/C27H33BrN2O5S/c1-5-7-13-35-26(34)20-21-24(32)30(11-12-31)23(27(21)15-18(28)22(20)36-27)25(33)29(10-6-2)19-14-16(3)8-9-17(19)4/h5-6,8-9,14,18,20-23,31H,1-2,7,10-13,15H2,3-4H3/t18?,20-,21+,22-,23?,27?/m1/s1. The lowest BCUT2D eigenvalue weighted by Crippen LogP contribution is -2.56. The fourth-order valence-electron chi connectivity index (χ4n) is 5.96. The normalized spacial score (nSPS) is 30.3. The summed E-state index contributed by atoms with van der Waals surface area (Å²) in [5.74, 6) is -2.23. The Morgan fingerprint density at radius 1 is 1.33 bits per heavy atom. The number of β-amino-alcohol motifs (C(OH)–C–C–N with tert-alkyl or cyclic N) is 1. The molecule has 2 amide bonds. The number of alkyl halides is 1. The van der Waals surface area contributed by atoms with Gasteiger partial charge >= 0.3 is 5.97 Å². The van der Waals surface area contributed by atoms with E-state index in [9.17, 15) is 19.5 Å². The SMILES string of the molecule is C=CCCOC(=O)[C@H]1[C@@H]2SC3(CC2Br)C(C(=O)N(CC=C)c2cc(C)ccc2C)N(CCO)C(=O)[C@H]13. The molecule has 1 N–H and O–H groups in total. The molecule has 3 unspecified atom stereocenters. The summed E-state index contributed by atoms with van der Waals surface area (Å²) in [4.78, 5) is 44.6. The largest absolute Gasteiger partial charge is 0.465 e. The summed E-state index contributed by atoms with van der Waals surface area (Å²) in [6, 6.07) is 5.11. The molecule has 36 heavy (non-hydrogen) atoms. The Balaban J connectivity index is 1.76. The molecule has 2 bridgehead atoms. The van der Waals surface area contributed by atoms with Crippen LogP contribution in [0.2, 0.25) is 0 Å². The van der Waals surface area contributed by atoms with E-state index in [4.69, 9.17) is 4.74 Å². The van der Waals surface area contributed by atoms with Crippen LogP contribution in [-0.4, -0.2) is 75.0 Å². The molecule has 1 spiro atoms. The monoisotopic (exact) mass is 576 g/mol. The van der Waals surface area contributed by atoms with Crippen molar-refractivity contribution in [3.8, 4) is 0 Å². The zero-order valence-electron chi connectivity index (χ0n) is 20.7. The number of fused-ring (bicyclic) bond motifs is 1. The van der Waals surface area contributed by atoms with Crippen LogP contribution in [0.4, 0.5) is 5.69 Å². The lowest BCUT2D eigenvalue weighted by molar-refractivity contribution is -0.154. The van der Waals surface area contributed by atoms with Crippen molar-refractivity contribution in [3.05, 3.63) is 54.6 Å². The Kier molecular flexibility index (Phi) is 8.02.